The molecule has 0 bridgehead atoms. The number of benzene rings is 1. The van der Waals surface area contributed by atoms with E-state index in [1.807, 2.05) is 27.7 Å². The van der Waals surface area contributed by atoms with Crippen molar-refractivity contribution < 1.29 is 23.8 Å². The number of ether oxygens (including phenoxy) is 3. The van der Waals surface area contributed by atoms with Gasteiger partial charge >= 0.3 is 12.1 Å². The van der Waals surface area contributed by atoms with Crippen LogP contribution in [0.15, 0.2) is 18.2 Å². The third-order valence-corrected chi connectivity index (χ3v) is 3.66. The van der Waals surface area contributed by atoms with E-state index < -0.39 is 11.7 Å². The molecular weight excluding hydrogens is 310 g/mol. The first-order valence-corrected chi connectivity index (χ1v) is 8.16. The highest BCUT2D eigenvalue weighted by Gasteiger charge is 2.31. The zero-order chi connectivity index (χ0) is 17.9. The van der Waals surface area contributed by atoms with E-state index in [4.69, 9.17) is 14.2 Å². The average Bonchev–Trinajstić information content (AvgIpc) is 2.65. The third-order valence-electron chi connectivity index (χ3n) is 3.66. The minimum atomic E-state index is -0.570. The molecule has 0 fully saturated rings. The van der Waals surface area contributed by atoms with Crippen LogP contribution in [0.2, 0.25) is 0 Å². The van der Waals surface area contributed by atoms with E-state index in [1.54, 1.807) is 30.0 Å². The van der Waals surface area contributed by atoms with Gasteiger partial charge < -0.3 is 14.2 Å². The Morgan fingerprint density at radius 1 is 1.33 bits per heavy atom. The van der Waals surface area contributed by atoms with E-state index in [9.17, 15) is 9.59 Å². The summed E-state index contributed by atoms with van der Waals surface area (Å²) in [5.74, 6) is 0.280. The molecular formula is C18H25NO5. The molecule has 1 aromatic carbocycles. The van der Waals surface area contributed by atoms with Gasteiger partial charge in [-0.1, -0.05) is 0 Å². The maximum Gasteiger partial charge on any atom is 0.410 e. The SMILES string of the molecule is CCOC(=O)c1ccc2c(c1)[C@@H](C)N(C(=O)OC(C)(C)C)CCO2. The Hall–Kier alpha value is -2.24. The fourth-order valence-electron chi connectivity index (χ4n) is 2.53. The van der Waals surface area contributed by atoms with Crippen LogP contribution in [0.5, 0.6) is 5.75 Å². The molecule has 132 valence electrons. The molecule has 0 saturated carbocycles. The fraction of sp³-hybridized carbons (Fsp3) is 0.556. The van der Waals surface area contributed by atoms with Crippen LogP contribution in [-0.2, 0) is 9.47 Å². The zero-order valence-electron chi connectivity index (χ0n) is 14.9. The first kappa shape index (κ1) is 18.1. The van der Waals surface area contributed by atoms with Gasteiger partial charge in [-0.2, -0.15) is 0 Å². The minimum absolute atomic E-state index is 0.272. The molecule has 1 aliphatic heterocycles. The Labute approximate surface area is 142 Å². The largest absolute Gasteiger partial charge is 0.491 e. The summed E-state index contributed by atoms with van der Waals surface area (Å²) in [6.07, 6.45) is -0.395. The molecule has 2 rings (SSSR count). The van der Waals surface area contributed by atoms with E-state index in [0.717, 1.165) is 5.56 Å². The molecule has 0 aromatic heterocycles. The second kappa shape index (κ2) is 7.11. The van der Waals surface area contributed by atoms with Gasteiger partial charge in [0.2, 0.25) is 0 Å². The molecule has 6 nitrogen and oxygen atoms in total. The van der Waals surface area contributed by atoms with E-state index in [0.29, 0.717) is 31.1 Å². The Balaban J connectivity index is 2.30. The maximum atomic E-state index is 12.5. The molecule has 24 heavy (non-hydrogen) atoms. The highest BCUT2D eigenvalue weighted by molar-refractivity contribution is 5.90. The third kappa shape index (κ3) is 4.19. The van der Waals surface area contributed by atoms with Crippen molar-refractivity contribution in [3.63, 3.8) is 0 Å². The van der Waals surface area contributed by atoms with Crippen LogP contribution in [0.1, 0.15) is 56.6 Å². The Morgan fingerprint density at radius 2 is 2.04 bits per heavy atom. The van der Waals surface area contributed by atoms with Crippen molar-refractivity contribution in [2.75, 3.05) is 19.8 Å². The lowest BCUT2D eigenvalue weighted by molar-refractivity contribution is 0.0167. The van der Waals surface area contributed by atoms with E-state index in [1.165, 1.54) is 0 Å². The number of nitrogens with zero attached hydrogens (tertiary/aromatic N) is 1. The van der Waals surface area contributed by atoms with E-state index >= 15 is 0 Å². The van der Waals surface area contributed by atoms with Gasteiger partial charge in [0.25, 0.3) is 0 Å². The van der Waals surface area contributed by atoms with Crippen LogP contribution >= 0.6 is 0 Å². The minimum Gasteiger partial charge on any atom is -0.491 e. The summed E-state index contributed by atoms with van der Waals surface area (Å²) < 4.78 is 16.2. The predicted octanol–water partition coefficient (Wildman–Crippen LogP) is 3.55. The van der Waals surface area contributed by atoms with Gasteiger partial charge in [0.05, 0.1) is 24.8 Å². The van der Waals surface area contributed by atoms with Crippen molar-refractivity contribution in [1.29, 1.82) is 0 Å². The zero-order valence-corrected chi connectivity index (χ0v) is 14.9. The van der Waals surface area contributed by atoms with Crippen molar-refractivity contribution in [1.82, 2.24) is 4.90 Å². The smallest absolute Gasteiger partial charge is 0.410 e. The molecule has 0 unspecified atom stereocenters. The van der Waals surface area contributed by atoms with E-state index in [-0.39, 0.29) is 12.0 Å². The second-order valence-electron chi connectivity index (χ2n) is 6.67. The van der Waals surface area contributed by atoms with Crippen LogP contribution in [-0.4, -0.2) is 42.3 Å². The van der Waals surface area contributed by atoms with Gasteiger partial charge in [-0.3, -0.25) is 4.90 Å². The maximum absolute atomic E-state index is 12.5. The number of rotatable bonds is 2. The number of amides is 1. The Bertz CT molecular complexity index is 620. The Kier molecular flexibility index (Phi) is 5.36. The van der Waals surface area contributed by atoms with Gasteiger partial charge in [0, 0.05) is 5.56 Å². The number of esters is 1. The molecule has 1 aliphatic rings. The molecule has 1 atom stereocenters. The van der Waals surface area contributed by atoms with Crippen molar-refractivity contribution in [2.45, 2.75) is 46.3 Å². The van der Waals surface area contributed by atoms with Crippen molar-refractivity contribution in [3.8, 4) is 5.75 Å². The van der Waals surface area contributed by atoms with Crippen LogP contribution < -0.4 is 4.74 Å². The fourth-order valence-corrected chi connectivity index (χ4v) is 2.53. The average molecular weight is 335 g/mol. The van der Waals surface area contributed by atoms with Crippen LogP contribution in [0.4, 0.5) is 4.79 Å². The number of hydrogen-bond donors (Lipinski definition) is 0. The second-order valence-corrected chi connectivity index (χ2v) is 6.67. The van der Waals surface area contributed by atoms with Gasteiger partial charge in [0.1, 0.15) is 18.0 Å². The lowest BCUT2D eigenvalue weighted by Crippen LogP contribution is -2.39. The summed E-state index contributed by atoms with van der Waals surface area (Å²) in [5, 5.41) is 0. The van der Waals surface area contributed by atoms with Crippen molar-refractivity contribution in [3.05, 3.63) is 29.3 Å². The monoisotopic (exact) mass is 335 g/mol. The number of hydrogen-bond acceptors (Lipinski definition) is 5. The van der Waals surface area contributed by atoms with Crippen LogP contribution in [0, 0.1) is 0 Å². The lowest BCUT2D eigenvalue weighted by Gasteiger charge is -2.30. The van der Waals surface area contributed by atoms with Crippen LogP contribution in [0.25, 0.3) is 0 Å². The normalized spacial score (nSPS) is 17.4. The lowest BCUT2D eigenvalue weighted by atomic mass is 10.0. The molecule has 1 amide bonds. The highest BCUT2D eigenvalue weighted by Crippen LogP contribution is 2.33. The Morgan fingerprint density at radius 3 is 2.67 bits per heavy atom. The molecule has 0 aliphatic carbocycles. The summed E-state index contributed by atoms with van der Waals surface area (Å²) in [6, 6.07) is 4.87. The van der Waals surface area contributed by atoms with Crippen LogP contribution in [0.3, 0.4) is 0 Å². The number of carbonyl (C=O) groups is 2. The first-order valence-electron chi connectivity index (χ1n) is 8.16. The summed E-state index contributed by atoms with van der Waals surface area (Å²) in [7, 11) is 0. The van der Waals surface area contributed by atoms with Gasteiger partial charge in [0.15, 0.2) is 0 Å². The summed E-state index contributed by atoms with van der Waals surface area (Å²) in [4.78, 5) is 26.0. The van der Waals surface area contributed by atoms with Crippen molar-refractivity contribution >= 4 is 12.1 Å². The number of fused-ring (bicyclic) bond motifs is 1. The van der Waals surface area contributed by atoms with Crippen molar-refractivity contribution in [2.24, 2.45) is 0 Å². The molecule has 1 heterocycles. The number of carbonyl (C=O) groups excluding carboxylic acids is 2. The molecule has 0 saturated heterocycles. The standard InChI is InChI=1S/C18H25NO5/c1-6-22-16(20)13-7-8-15-14(11-13)12(2)19(9-10-23-15)17(21)24-18(3,4)5/h7-8,11-12H,6,9-10H2,1-5H3/t12-/m1/s1. The predicted molar refractivity (Wildman–Crippen MR) is 89.2 cm³/mol. The van der Waals surface area contributed by atoms with Gasteiger partial charge in [-0.25, -0.2) is 9.59 Å². The summed E-state index contributed by atoms with van der Waals surface area (Å²) in [5.41, 5.74) is 0.639. The summed E-state index contributed by atoms with van der Waals surface area (Å²) in [6.45, 7) is 10.2. The quantitative estimate of drug-likeness (QED) is 0.773. The topological polar surface area (TPSA) is 65.1 Å². The first-order chi connectivity index (χ1) is 11.2. The molecule has 0 radical (unpaired) electrons. The molecule has 0 N–H and O–H groups in total. The van der Waals surface area contributed by atoms with Gasteiger partial charge in [-0.15, -0.1) is 0 Å². The molecule has 6 heteroatoms. The molecule has 1 aromatic rings. The summed E-state index contributed by atoms with van der Waals surface area (Å²) >= 11 is 0. The highest BCUT2D eigenvalue weighted by atomic mass is 16.6. The molecule has 0 spiro atoms. The van der Waals surface area contributed by atoms with Gasteiger partial charge in [-0.05, 0) is 52.8 Å². The van der Waals surface area contributed by atoms with E-state index in [2.05, 4.69) is 0 Å².